The first-order chi connectivity index (χ1) is 28.8. The molecule has 0 fully saturated rings. The smallest absolute Gasteiger partial charge is 0.0561 e. The lowest BCUT2D eigenvalue weighted by Gasteiger charge is -2.27. The van der Waals surface area contributed by atoms with E-state index in [0.29, 0.717) is 0 Å². The Morgan fingerprint density at radius 2 is 0.741 bits per heavy atom. The molecule has 0 saturated heterocycles. The molecule has 2 heteroatoms. The average molecular weight is 735 g/mol. The fourth-order valence-corrected chi connectivity index (χ4v) is 10.1. The zero-order valence-corrected chi connectivity index (χ0v) is 31.5. The van der Waals surface area contributed by atoms with Crippen molar-refractivity contribution in [3.63, 3.8) is 0 Å². The summed E-state index contributed by atoms with van der Waals surface area (Å²) < 4.78 is 2.41. The molecule has 2 nitrogen and oxygen atoms in total. The number of hydrogen-bond acceptors (Lipinski definition) is 1. The summed E-state index contributed by atoms with van der Waals surface area (Å²) in [6.07, 6.45) is 0. The molecule has 0 unspecified atom stereocenters. The molecule has 0 radical (unpaired) electrons. The van der Waals surface area contributed by atoms with Crippen LogP contribution >= 0.6 is 0 Å². The second kappa shape index (κ2) is 11.9. The lowest BCUT2D eigenvalue weighted by molar-refractivity contribution is 1.18. The van der Waals surface area contributed by atoms with E-state index >= 15 is 0 Å². The molecule has 58 heavy (non-hydrogen) atoms. The molecule has 1 heterocycles. The normalized spacial score (nSPS) is 12.1. The van der Waals surface area contributed by atoms with Crippen LogP contribution in [0.4, 0.5) is 17.1 Å². The molecule has 12 aromatic carbocycles. The largest absolute Gasteiger partial charge is 0.310 e. The predicted molar refractivity (Wildman–Crippen MR) is 249 cm³/mol. The first kappa shape index (κ1) is 31.5. The Morgan fingerprint density at radius 1 is 0.259 bits per heavy atom. The second-order valence-electron chi connectivity index (χ2n) is 15.7. The third-order valence-corrected chi connectivity index (χ3v) is 12.6. The molecule has 268 valence electrons. The Labute approximate surface area is 334 Å². The van der Waals surface area contributed by atoms with Gasteiger partial charge in [0.1, 0.15) is 0 Å². The van der Waals surface area contributed by atoms with Gasteiger partial charge in [-0.25, -0.2) is 0 Å². The molecular weight excluding hydrogens is 701 g/mol. The standard InChI is InChI=1S/C56H34N2/c1-2-16-41(17-3-1)58-51-22-7-6-18-45(51)46-30-29-43(34-52(46)58)57(42-28-27-35-11-4-5-12-39(35)31-42)44-32-40-26-25-38-14-9-20-48-47-19-8-13-36-23-24-37-15-10-21-49(55(37)53(36)47)50(33-44)56(40)54(38)48/h1-34H. The van der Waals surface area contributed by atoms with Gasteiger partial charge >= 0.3 is 0 Å². The van der Waals surface area contributed by atoms with Crippen molar-refractivity contribution in [2.45, 2.75) is 0 Å². The van der Waals surface area contributed by atoms with E-state index in [2.05, 4.69) is 216 Å². The SMILES string of the molecule is c1ccc(-n2c3ccccc3c3ccc(N(c4ccc5ccccc5c4)c4cc5ccc6cccc7c8cccc9ccc%10cccc(c(c4)c5c67)c%10c98)cc32)cc1. The summed E-state index contributed by atoms with van der Waals surface area (Å²) in [6.45, 7) is 0. The van der Waals surface area contributed by atoms with Crippen molar-refractivity contribution in [2.24, 2.45) is 0 Å². The van der Waals surface area contributed by atoms with Crippen LogP contribution in [0.25, 0.3) is 103 Å². The van der Waals surface area contributed by atoms with Crippen LogP contribution in [0.3, 0.4) is 0 Å². The highest BCUT2D eigenvalue weighted by Crippen LogP contribution is 2.47. The summed E-state index contributed by atoms with van der Waals surface area (Å²) >= 11 is 0. The number of fused-ring (bicyclic) bond motifs is 6. The molecule has 0 N–H and O–H groups in total. The minimum Gasteiger partial charge on any atom is -0.310 e. The van der Waals surface area contributed by atoms with Crippen molar-refractivity contribution in [3.8, 4) is 5.69 Å². The Kier molecular flexibility index (Phi) is 6.47. The van der Waals surface area contributed by atoms with Crippen molar-refractivity contribution in [3.05, 3.63) is 206 Å². The van der Waals surface area contributed by atoms with Gasteiger partial charge in [0.25, 0.3) is 0 Å². The molecule has 0 aliphatic heterocycles. The molecule has 0 aliphatic rings. The van der Waals surface area contributed by atoms with Gasteiger partial charge in [0.2, 0.25) is 0 Å². The Morgan fingerprint density at radius 3 is 1.47 bits per heavy atom. The van der Waals surface area contributed by atoms with E-state index in [1.807, 2.05) is 0 Å². The van der Waals surface area contributed by atoms with Gasteiger partial charge in [-0.15, -0.1) is 0 Å². The van der Waals surface area contributed by atoms with Gasteiger partial charge in [0.15, 0.2) is 0 Å². The Bertz CT molecular complexity index is 3790. The third-order valence-electron chi connectivity index (χ3n) is 12.6. The average Bonchev–Trinajstić information content (AvgIpc) is 3.61. The van der Waals surface area contributed by atoms with E-state index in [1.165, 1.54) is 97.2 Å². The first-order valence-electron chi connectivity index (χ1n) is 20.1. The van der Waals surface area contributed by atoms with Crippen LogP contribution in [-0.2, 0) is 0 Å². The molecule has 0 amide bonds. The van der Waals surface area contributed by atoms with Crippen LogP contribution in [0.5, 0.6) is 0 Å². The molecule has 0 bridgehead atoms. The van der Waals surface area contributed by atoms with Gasteiger partial charge in [0.05, 0.1) is 11.0 Å². The number of benzene rings is 11. The van der Waals surface area contributed by atoms with Gasteiger partial charge in [-0.05, 0) is 130 Å². The van der Waals surface area contributed by atoms with Gasteiger partial charge in [0, 0.05) is 33.5 Å². The highest BCUT2D eigenvalue weighted by atomic mass is 15.1. The van der Waals surface area contributed by atoms with E-state index in [-0.39, 0.29) is 0 Å². The van der Waals surface area contributed by atoms with Crippen LogP contribution in [-0.4, -0.2) is 4.57 Å². The quantitative estimate of drug-likeness (QED) is 0.163. The maximum Gasteiger partial charge on any atom is 0.0561 e. The van der Waals surface area contributed by atoms with Crippen molar-refractivity contribution >= 4 is 114 Å². The summed E-state index contributed by atoms with van der Waals surface area (Å²) in [7, 11) is 0. The number of anilines is 3. The molecule has 0 atom stereocenters. The van der Waals surface area contributed by atoms with Gasteiger partial charge in [-0.2, -0.15) is 0 Å². The van der Waals surface area contributed by atoms with Gasteiger partial charge in [-0.1, -0.05) is 152 Å². The highest BCUT2D eigenvalue weighted by molar-refractivity contribution is 6.37. The van der Waals surface area contributed by atoms with Gasteiger partial charge < -0.3 is 9.47 Å². The Hall–Kier alpha value is -7.68. The summed E-state index contributed by atoms with van der Waals surface area (Å²) in [5.74, 6) is 0. The number of para-hydroxylation sites is 2. The minimum absolute atomic E-state index is 1.10. The van der Waals surface area contributed by atoms with Crippen molar-refractivity contribution in [1.29, 1.82) is 0 Å². The fraction of sp³-hybridized carbons (Fsp3) is 0. The topological polar surface area (TPSA) is 8.17 Å². The summed E-state index contributed by atoms with van der Waals surface area (Å²) in [6, 6.07) is 76.6. The zero-order chi connectivity index (χ0) is 37.9. The van der Waals surface area contributed by atoms with Crippen LogP contribution < -0.4 is 4.90 Å². The second-order valence-corrected chi connectivity index (χ2v) is 15.7. The highest BCUT2D eigenvalue weighted by Gasteiger charge is 2.21. The maximum absolute atomic E-state index is 2.47. The number of hydrogen-bond donors (Lipinski definition) is 0. The predicted octanol–water partition coefficient (Wildman–Crippen LogP) is 15.8. The lowest BCUT2D eigenvalue weighted by Crippen LogP contribution is -2.10. The van der Waals surface area contributed by atoms with Crippen molar-refractivity contribution in [2.75, 3.05) is 4.90 Å². The monoisotopic (exact) mass is 734 g/mol. The van der Waals surface area contributed by atoms with Crippen LogP contribution in [0.15, 0.2) is 206 Å². The van der Waals surface area contributed by atoms with Crippen molar-refractivity contribution in [1.82, 2.24) is 4.57 Å². The molecule has 0 aliphatic carbocycles. The minimum atomic E-state index is 1.10. The van der Waals surface area contributed by atoms with Crippen LogP contribution in [0.2, 0.25) is 0 Å². The fourth-order valence-electron chi connectivity index (χ4n) is 10.1. The summed E-state index contributed by atoms with van der Waals surface area (Å²) in [5.41, 5.74) is 6.86. The first-order valence-corrected chi connectivity index (χ1v) is 20.1. The molecule has 13 aromatic rings. The molecule has 0 saturated carbocycles. The lowest BCUT2D eigenvalue weighted by atomic mass is 9.87. The molecule has 13 rings (SSSR count). The number of nitrogens with zero attached hydrogens (tertiary/aromatic N) is 2. The van der Waals surface area contributed by atoms with E-state index in [0.717, 1.165) is 22.7 Å². The zero-order valence-electron chi connectivity index (χ0n) is 31.5. The van der Waals surface area contributed by atoms with Crippen molar-refractivity contribution < 1.29 is 0 Å². The van der Waals surface area contributed by atoms with Crippen LogP contribution in [0.1, 0.15) is 0 Å². The van der Waals surface area contributed by atoms with Gasteiger partial charge in [-0.3, -0.25) is 0 Å². The van der Waals surface area contributed by atoms with E-state index < -0.39 is 0 Å². The number of rotatable bonds is 4. The maximum atomic E-state index is 2.47. The van der Waals surface area contributed by atoms with Crippen LogP contribution in [0, 0.1) is 0 Å². The van der Waals surface area contributed by atoms with E-state index in [4.69, 9.17) is 0 Å². The Balaban J connectivity index is 1.19. The van der Waals surface area contributed by atoms with E-state index in [9.17, 15) is 0 Å². The molecular formula is C56H34N2. The molecule has 0 spiro atoms. The third kappa shape index (κ3) is 4.43. The molecule has 1 aromatic heterocycles. The summed E-state index contributed by atoms with van der Waals surface area (Å²) in [5, 5.41) is 20.3. The summed E-state index contributed by atoms with van der Waals surface area (Å²) in [4.78, 5) is 2.47. The number of aromatic nitrogens is 1. The van der Waals surface area contributed by atoms with E-state index in [1.54, 1.807) is 0 Å².